The minimum Gasteiger partial charge on any atom is -0.467 e. The molecule has 1 aliphatic heterocycles. The molecule has 0 radical (unpaired) electrons. The molecule has 0 saturated carbocycles. The van der Waals surface area contributed by atoms with Gasteiger partial charge in [0, 0.05) is 12.6 Å². The summed E-state index contributed by atoms with van der Waals surface area (Å²) in [5.74, 6) is 0.795. The zero-order valence-electron chi connectivity index (χ0n) is 9.85. The zero-order valence-corrected chi connectivity index (χ0v) is 9.85. The lowest BCUT2D eigenvalue weighted by Gasteiger charge is -2.04. The first-order valence-corrected chi connectivity index (χ1v) is 5.76. The van der Waals surface area contributed by atoms with Gasteiger partial charge in [-0.25, -0.2) is 9.97 Å². The largest absolute Gasteiger partial charge is 0.467 e. The zero-order chi connectivity index (χ0) is 13.4. The number of aromatic nitrogens is 3. The number of hydrogen-bond acceptors (Lipinski definition) is 6. The minimum absolute atomic E-state index is 0.0263. The molecular weight excluding hydrogens is 252 g/mol. The second-order valence-electron chi connectivity index (χ2n) is 4.33. The Morgan fingerprint density at radius 2 is 2.47 bits per heavy atom. The third kappa shape index (κ3) is 1.81. The number of ether oxygens (including phenoxy) is 1. The monoisotopic (exact) mass is 262 g/mol. The van der Waals surface area contributed by atoms with Crippen molar-refractivity contribution >= 4 is 23.3 Å². The summed E-state index contributed by atoms with van der Waals surface area (Å²) in [5.41, 5.74) is 1.05. The quantitative estimate of drug-likeness (QED) is 0.463. The highest BCUT2D eigenvalue weighted by molar-refractivity contribution is 5.74. The number of rotatable bonds is 4. The second kappa shape index (κ2) is 4.30. The molecule has 0 amide bonds. The van der Waals surface area contributed by atoms with Crippen molar-refractivity contribution in [2.45, 2.75) is 18.9 Å². The van der Waals surface area contributed by atoms with Crippen LogP contribution in [0.2, 0.25) is 0 Å². The topological polar surface area (TPSA) is 100 Å². The van der Waals surface area contributed by atoms with E-state index < -0.39 is 4.92 Å². The van der Waals surface area contributed by atoms with E-state index in [9.17, 15) is 14.9 Å². The Hall–Kier alpha value is -2.51. The summed E-state index contributed by atoms with van der Waals surface area (Å²) in [4.78, 5) is 28.9. The van der Waals surface area contributed by atoms with Crippen LogP contribution in [0.3, 0.4) is 0 Å². The molecule has 2 aromatic rings. The molecule has 0 N–H and O–H groups in total. The smallest absolute Gasteiger partial charge is 0.293 e. The van der Waals surface area contributed by atoms with Gasteiger partial charge in [0.25, 0.3) is 12.2 Å². The van der Waals surface area contributed by atoms with Crippen molar-refractivity contribution in [3.05, 3.63) is 28.2 Å². The normalized spacial score (nSPS) is 17.4. The van der Waals surface area contributed by atoms with Crippen molar-refractivity contribution in [3.8, 4) is 0 Å². The summed E-state index contributed by atoms with van der Waals surface area (Å²) in [6.07, 6.45) is 2.05. The Morgan fingerprint density at radius 3 is 3.21 bits per heavy atom. The van der Waals surface area contributed by atoms with Crippen molar-refractivity contribution < 1.29 is 14.5 Å². The molecule has 3 rings (SSSR count). The van der Waals surface area contributed by atoms with E-state index >= 15 is 0 Å². The molecule has 0 aliphatic carbocycles. The number of imidazole rings is 1. The van der Waals surface area contributed by atoms with Crippen LogP contribution in [0.5, 0.6) is 0 Å². The van der Waals surface area contributed by atoms with Crippen molar-refractivity contribution in [1.29, 1.82) is 0 Å². The number of carbonyl (C=O) groups excluding carboxylic acids is 1. The predicted molar refractivity (Wildman–Crippen MR) is 63.6 cm³/mol. The molecule has 98 valence electrons. The highest BCUT2D eigenvalue weighted by Gasteiger charge is 2.28. The predicted octanol–water partition coefficient (Wildman–Crippen LogP) is 1.000. The van der Waals surface area contributed by atoms with Gasteiger partial charge in [0.1, 0.15) is 24.1 Å². The van der Waals surface area contributed by atoms with Crippen LogP contribution in [0.25, 0.3) is 11.2 Å². The first kappa shape index (κ1) is 11.6. The maximum Gasteiger partial charge on any atom is 0.293 e. The van der Waals surface area contributed by atoms with E-state index in [1.165, 1.54) is 12.3 Å². The van der Waals surface area contributed by atoms with Crippen molar-refractivity contribution in [2.24, 2.45) is 0 Å². The van der Waals surface area contributed by atoms with Crippen molar-refractivity contribution in [3.63, 3.8) is 0 Å². The molecule has 19 heavy (non-hydrogen) atoms. The van der Waals surface area contributed by atoms with E-state index in [1.807, 2.05) is 4.57 Å². The number of pyridine rings is 1. The second-order valence-corrected chi connectivity index (χ2v) is 4.33. The fraction of sp³-hybridized carbons (Fsp3) is 0.364. The summed E-state index contributed by atoms with van der Waals surface area (Å²) >= 11 is 0. The summed E-state index contributed by atoms with van der Waals surface area (Å²) in [7, 11) is 0. The number of fused-ring (bicyclic) bond motifs is 3. The van der Waals surface area contributed by atoms with Gasteiger partial charge in [-0.05, 0) is 6.42 Å². The Labute approximate surface area is 107 Å². The molecule has 1 unspecified atom stereocenters. The molecule has 0 bridgehead atoms. The van der Waals surface area contributed by atoms with Crippen LogP contribution >= 0.6 is 0 Å². The molecule has 0 fully saturated rings. The summed E-state index contributed by atoms with van der Waals surface area (Å²) in [5, 5.41) is 10.7. The maximum atomic E-state index is 10.7. The van der Waals surface area contributed by atoms with E-state index in [0.29, 0.717) is 17.6 Å². The molecule has 0 saturated heterocycles. The van der Waals surface area contributed by atoms with Crippen molar-refractivity contribution in [1.82, 2.24) is 14.5 Å². The molecular formula is C11H10N4O4. The molecule has 0 spiro atoms. The summed E-state index contributed by atoms with van der Waals surface area (Å²) in [6.45, 7) is 1.41. The van der Waals surface area contributed by atoms with Crippen LogP contribution in [-0.4, -0.2) is 32.5 Å². The molecule has 8 heteroatoms. The highest BCUT2D eigenvalue weighted by atomic mass is 16.6. The maximum absolute atomic E-state index is 10.7. The standard InChI is InChI=1S/C11H10N4O4/c16-6-19-5-7-1-2-14-10(7)13-9-3-8(15(17)18)4-12-11(9)14/h3-4,6-7H,1-2,5H2. The van der Waals surface area contributed by atoms with Gasteiger partial charge >= 0.3 is 0 Å². The first-order chi connectivity index (χ1) is 9.20. The minimum atomic E-state index is -0.496. The van der Waals surface area contributed by atoms with Gasteiger partial charge in [-0.3, -0.25) is 14.9 Å². The van der Waals surface area contributed by atoms with E-state index in [1.54, 1.807) is 0 Å². The fourth-order valence-corrected chi connectivity index (χ4v) is 2.38. The highest BCUT2D eigenvalue weighted by Crippen LogP contribution is 2.31. The van der Waals surface area contributed by atoms with Crippen LogP contribution in [0, 0.1) is 10.1 Å². The van der Waals surface area contributed by atoms with E-state index in [2.05, 4.69) is 9.97 Å². The van der Waals surface area contributed by atoms with E-state index in [0.717, 1.165) is 18.8 Å². The van der Waals surface area contributed by atoms with Crippen molar-refractivity contribution in [2.75, 3.05) is 6.61 Å². The van der Waals surface area contributed by atoms with Crippen LogP contribution in [0.4, 0.5) is 5.69 Å². The van der Waals surface area contributed by atoms with Crippen LogP contribution in [0.1, 0.15) is 18.2 Å². The number of hydrogen-bond donors (Lipinski definition) is 0. The molecule has 3 heterocycles. The van der Waals surface area contributed by atoms with Gasteiger partial charge < -0.3 is 9.30 Å². The van der Waals surface area contributed by atoms with Gasteiger partial charge in [-0.1, -0.05) is 0 Å². The third-order valence-electron chi connectivity index (χ3n) is 3.24. The average Bonchev–Trinajstić information content (AvgIpc) is 2.94. The van der Waals surface area contributed by atoms with Crippen LogP contribution in [0.15, 0.2) is 12.3 Å². The summed E-state index contributed by atoms with van der Waals surface area (Å²) in [6, 6.07) is 1.41. The van der Waals surface area contributed by atoms with Gasteiger partial charge in [0.15, 0.2) is 5.65 Å². The number of aryl methyl sites for hydroxylation is 1. The first-order valence-electron chi connectivity index (χ1n) is 5.76. The number of carbonyl (C=O) groups is 1. The number of nitro groups is 1. The van der Waals surface area contributed by atoms with E-state index in [-0.39, 0.29) is 18.2 Å². The Kier molecular flexibility index (Phi) is 2.62. The molecule has 2 aromatic heterocycles. The lowest BCUT2D eigenvalue weighted by atomic mass is 10.1. The molecule has 1 atom stereocenters. The third-order valence-corrected chi connectivity index (χ3v) is 3.24. The van der Waals surface area contributed by atoms with Gasteiger partial charge in [0.2, 0.25) is 0 Å². The Bertz CT molecular complexity index is 666. The van der Waals surface area contributed by atoms with Gasteiger partial charge in [-0.2, -0.15) is 0 Å². The van der Waals surface area contributed by atoms with E-state index in [4.69, 9.17) is 4.74 Å². The lowest BCUT2D eigenvalue weighted by molar-refractivity contribution is -0.385. The lowest BCUT2D eigenvalue weighted by Crippen LogP contribution is -2.04. The fourth-order valence-electron chi connectivity index (χ4n) is 2.38. The Balaban J connectivity index is 2.03. The van der Waals surface area contributed by atoms with Crippen LogP contribution < -0.4 is 0 Å². The molecule has 1 aliphatic rings. The average molecular weight is 262 g/mol. The molecule has 8 nitrogen and oxygen atoms in total. The van der Waals surface area contributed by atoms with Crippen LogP contribution in [-0.2, 0) is 16.1 Å². The number of nitrogens with zero attached hydrogens (tertiary/aromatic N) is 4. The van der Waals surface area contributed by atoms with Gasteiger partial charge in [-0.15, -0.1) is 0 Å². The Morgan fingerprint density at radius 1 is 1.63 bits per heavy atom. The van der Waals surface area contributed by atoms with Gasteiger partial charge in [0.05, 0.1) is 10.8 Å². The molecule has 0 aromatic carbocycles. The SMILES string of the molecule is O=COCC1CCn2c1nc1cc([N+](=O)[O-])cnc12. The summed E-state index contributed by atoms with van der Waals surface area (Å²) < 4.78 is 6.68.